The first-order valence-electron chi connectivity index (χ1n) is 7.58. The number of hydrogen-bond donors (Lipinski definition) is 3. The number of rotatable bonds is 6. The van der Waals surface area contributed by atoms with Crippen LogP contribution in [0.3, 0.4) is 0 Å². The van der Waals surface area contributed by atoms with Crippen LogP contribution in [0.2, 0.25) is 0 Å². The number of nitrogens with one attached hydrogen (secondary N) is 2. The van der Waals surface area contributed by atoms with Gasteiger partial charge >= 0.3 is 0 Å². The smallest absolute Gasteiger partial charge is 0.276 e. The second-order valence-electron chi connectivity index (χ2n) is 5.33. The van der Waals surface area contributed by atoms with E-state index in [9.17, 15) is 14.7 Å². The number of benzene rings is 2. The van der Waals surface area contributed by atoms with Gasteiger partial charge in [0.1, 0.15) is 11.5 Å². The Bertz CT molecular complexity index is 716. The summed E-state index contributed by atoms with van der Waals surface area (Å²) in [5, 5.41) is 9.62. The third-order valence-corrected chi connectivity index (χ3v) is 3.31. The fourth-order valence-electron chi connectivity index (χ4n) is 2.06. The molecule has 0 aliphatic heterocycles. The van der Waals surface area contributed by atoms with Crippen molar-refractivity contribution in [2.45, 2.75) is 19.8 Å². The molecule has 0 aromatic heterocycles. The lowest BCUT2D eigenvalue weighted by molar-refractivity contribution is -0.130. The summed E-state index contributed by atoms with van der Waals surface area (Å²) in [4.78, 5) is 23.3. The molecule has 6 nitrogen and oxygen atoms in total. The van der Waals surface area contributed by atoms with E-state index in [-0.39, 0.29) is 24.7 Å². The Balaban J connectivity index is 1.68. The molecule has 0 radical (unpaired) electrons. The lowest BCUT2D eigenvalue weighted by Crippen LogP contribution is -2.43. The van der Waals surface area contributed by atoms with E-state index in [1.165, 1.54) is 0 Å². The van der Waals surface area contributed by atoms with E-state index in [0.29, 0.717) is 17.7 Å². The maximum atomic E-state index is 11.7. The van der Waals surface area contributed by atoms with Crippen molar-refractivity contribution in [3.63, 3.8) is 0 Å². The molecule has 0 spiro atoms. The minimum Gasteiger partial charge on any atom is -0.508 e. The molecule has 2 amide bonds. The van der Waals surface area contributed by atoms with E-state index < -0.39 is 5.91 Å². The van der Waals surface area contributed by atoms with Crippen LogP contribution in [0, 0.1) is 6.92 Å². The second kappa shape index (κ2) is 8.57. The molecular formula is C18H20N2O4. The molecule has 0 aliphatic rings. The number of phenols is 1. The zero-order valence-corrected chi connectivity index (χ0v) is 13.4. The minimum absolute atomic E-state index is 0.149. The highest BCUT2D eigenvalue weighted by atomic mass is 16.5. The molecule has 2 aromatic rings. The summed E-state index contributed by atoms with van der Waals surface area (Å²) < 4.78 is 5.33. The maximum Gasteiger partial charge on any atom is 0.276 e. The fraction of sp³-hybridized carbons (Fsp3) is 0.222. The quantitative estimate of drug-likeness (QED) is 0.706. The lowest BCUT2D eigenvalue weighted by Gasteiger charge is -2.09. The minimum atomic E-state index is -0.451. The number of carbonyl (C=O) groups is 2. The van der Waals surface area contributed by atoms with E-state index >= 15 is 0 Å². The molecule has 0 bridgehead atoms. The molecule has 0 heterocycles. The summed E-state index contributed by atoms with van der Waals surface area (Å²) in [6.07, 6.45) is 0.532. The Hall–Kier alpha value is -3.02. The van der Waals surface area contributed by atoms with Crippen molar-refractivity contribution in [1.29, 1.82) is 0 Å². The molecule has 0 saturated carbocycles. The molecule has 6 heteroatoms. The fourth-order valence-corrected chi connectivity index (χ4v) is 2.06. The summed E-state index contributed by atoms with van der Waals surface area (Å²) in [6.45, 7) is 1.74. The average molecular weight is 328 g/mol. The molecule has 2 rings (SSSR count). The normalized spacial score (nSPS) is 10.0. The number of amides is 2. The highest BCUT2D eigenvalue weighted by Crippen LogP contribution is 2.17. The van der Waals surface area contributed by atoms with E-state index in [1.54, 1.807) is 30.3 Å². The maximum absolute atomic E-state index is 11.7. The van der Waals surface area contributed by atoms with Crippen LogP contribution < -0.4 is 15.6 Å². The molecule has 3 N–H and O–H groups in total. The SMILES string of the molecule is Cc1cccc(OCC(=O)NNC(=O)CCc2ccccc2O)c1. The van der Waals surface area contributed by atoms with Gasteiger partial charge in [0.2, 0.25) is 5.91 Å². The molecular weight excluding hydrogens is 308 g/mol. The van der Waals surface area contributed by atoms with Crippen molar-refractivity contribution >= 4 is 11.8 Å². The summed E-state index contributed by atoms with van der Waals surface area (Å²) >= 11 is 0. The molecule has 126 valence electrons. The van der Waals surface area contributed by atoms with Crippen molar-refractivity contribution in [3.8, 4) is 11.5 Å². The topological polar surface area (TPSA) is 87.7 Å². The van der Waals surface area contributed by atoms with Crippen molar-refractivity contribution in [2.75, 3.05) is 6.61 Å². The number of aryl methyl sites for hydroxylation is 2. The molecule has 0 aliphatic carbocycles. The number of hydrogen-bond acceptors (Lipinski definition) is 4. The van der Waals surface area contributed by atoms with E-state index in [4.69, 9.17) is 4.74 Å². The highest BCUT2D eigenvalue weighted by molar-refractivity contribution is 5.82. The molecule has 0 atom stereocenters. The van der Waals surface area contributed by atoms with Crippen LogP contribution in [0.1, 0.15) is 17.5 Å². The van der Waals surface area contributed by atoms with Crippen LogP contribution in [0.5, 0.6) is 11.5 Å². The number of ether oxygens (including phenoxy) is 1. The van der Waals surface area contributed by atoms with Gasteiger partial charge in [0.05, 0.1) is 0 Å². The van der Waals surface area contributed by atoms with Gasteiger partial charge in [-0.1, -0.05) is 30.3 Å². The number of para-hydroxylation sites is 1. The third kappa shape index (κ3) is 5.64. The van der Waals surface area contributed by atoms with Crippen LogP contribution in [0.4, 0.5) is 0 Å². The van der Waals surface area contributed by atoms with Gasteiger partial charge in [-0.2, -0.15) is 0 Å². The van der Waals surface area contributed by atoms with E-state index in [1.807, 2.05) is 25.1 Å². The van der Waals surface area contributed by atoms with Crippen LogP contribution in [0.15, 0.2) is 48.5 Å². The molecule has 2 aromatic carbocycles. The first-order chi connectivity index (χ1) is 11.5. The van der Waals surface area contributed by atoms with Gasteiger partial charge in [0, 0.05) is 6.42 Å². The largest absolute Gasteiger partial charge is 0.508 e. The third-order valence-electron chi connectivity index (χ3n) is 3.31. The van der Waals surface area contributed by atoms with Crippen molar-refractivity contribution < 1.29 is 19.4 Å². The molecule has 24 heavy (non-hydrogen) atoms. The van der Waals surface area contributed by atoms with Crippen molar-refractivity contribution in [1.82, 2.24) is 10.9 Å². The molecule has 0 fully saturated rings. The Labute approximate surface area is 140 Å². The Morgan fingerprint density at radius 3 is 2.54 bits per heavy atom. The summed E-state index contributed by atoms with van der Waals surface area (Å²) in [5.41, 5.74) is 6.33. The van der Waals surface area contributed by atoms with Gasteiger partial charge in [-0.05, 0) is 42.7 Å². The van der Waals surface area contributed by atoms with Crippen LogP contribution in [0.25, 0.3) is 0 Å². The summed E-state index contributed by atoms with van der Waals surface area (Å²) in [5.74, 6) is -0.0495. The first kappa shape index (κ1) is 17.3. The predicted molar refractivity (Wildman–Crippen MR) is 89.4 cm³/mol. The number of phenolic OH excluding ortho intramolecular Hbond substituents is 1. The van der Waals surface area contributed by atoms with Crippen LogP contribution >= 0.6 is 0 Å². The average Bonchev–Trinajstić information content (AvgIpc) is 2.57. The zero-order valence-electron chi connectivity index (χ0n) is 13.4. The Morgan fingerprint density at radius 1 is 1.04 bits per heavy atom. The van der Waals surface area contributed by atoms with Crippen molar-refractivity contribution in [3.05, 3.63) is 59.7 Å². The molecule has 0 unspecified atom stereocenters. The van der Waals surface area contributed by atoms with Gasteiger partial charge in [-0.25, -0.2) is 0 Å². The lowest BCUT2D eigenvalue weighted by atomic mass is 10.1. The van der Waals surface area contributed by atoms with Gasteiger partial charge in [0.15, 0.2) is 6.61 Å². The van der Waals surface area contributed by atoms with Gasteiger partial charge in [-0.3, -0.25) is 20.4 Å². The summed E-state index contributed by atoms with van der Waals surface area (Å²) in [6, 6.07) is 14.2. The van der Waals surface area contributed by atoms with Crippen molar-refractivity contribution in [2.24, 2.45) is 0 Å². The van der Waals surface area contributed by atoms with Crippen LogP contribution in [-0.4, -0.2) is 23.5 Å². The zero-order chi connectivity index (χ0) is 17.4. The monoisotopic (exact) mass is 328 g/mol. The highest BCUT2D eigenvalue weighted by Gasteiger charge is 2.07. The van der Waals surface area contributed by atoms with Gasteiger partial charge in [-0.15, -0.1) is 0 Å². The Kier molecular flexibility index (Phi) is 6.19. The number of aromatic hydroxyl groups is 1. The van der Waals surface area contributed by atoms with Gasteiger partial charge in [0.25, 0.3) is 5.91 Å². The Morgan fingerprint density at radius 2 is 1.79 bits per heavy atom. The standard InChI is InChI=1S/C18H20N2O4/c1-13-5-4-7-15(11-13)24-12-18(23)20-19-17(22)10-9-14-6-2-3-8-16(14)21/h2-8,11,21H,9-10,12H2,1H3,(H,19,22)(H,20,23). The first-order valence-corrected chi connectivity index (χ1v) is 7.58. The van der Waals surface area contributed by atoms with Gasteiger partial charge < -0.3 is 9.84 Å². The van der Waals surface area contributed by atoms with E-state index in [0.717, 1.165) is 5.56 Å². The summed E-state index contributed by atoms with van der Waals surface area (Å²) in [7, 11) is 0. The number of carbonyl (C=O) groups excluding carboxylic acids is 2. The van der Waals surface area contributed by atoms with Crippen LogP contribution in [-0.2, 0) is 16.0 Å². The predicted octanol–water partition coefficient (Wildman–Crippen LogP) is 1.86. The molecule has 0 saturated heterocycles. The number of hydrazine groups is 1. The van der Waals surface area contributed by atoms with E-state index in [2.05, 4.69) is 10.9 Å². The second-order valence-corrected chi connectivity index (χ2v) is 5.33.